The molecule has 7 heteroatoms. The lowest BCUT2D eigenvalue weighted by Gasteiger charge is -2.19. The first-order valence-corrected chi connectivity index (χ1v) is 7.70. The Bertz CT molecular complexity index is 684. The van der Waals surface area contributed by atoms with Crippen LogP contribution in [-0.2, 0) is 14.4 Å². The van der Waals surface area contributed by atoms with E-state index in [1.807, 2.05) is 19.1 Å². The summed E-state index contributed by atoms with van der Waals surface area (Å²) < 4.78 is 5.16. The molecule has 0 N–H and O–H groups in total. The number of carbonyl (C=O) groups excluding carboxylic acids is 2. The van der Waals surface area contributed by atoms with Crippen LogP contribution in [0.1, 0.15) is 26.3 Å². The highest BCUT2D eigenvalue weighted by Crippen LogP contribution is 2.28. The lowest BCUT2D eigenvalue weighted by Crippen LogP contribution is -2.44. The number of amides is 2. The van der Waals surface area contributed by atoms with E-state index in [-0.39, 0.29) is 12.5 Å². The third-order valence-electron chi connectivity index (χ3n) is 3.92. The second-order valence-electron chi connectivity index (χ2n) is 6.35. The molecule has 1 aromatic rings. The van der Waals surface area contributed by atoms with Crippen LogP contribution in [0.15, 0.2) is 29.4 Å². The second kappa shape index (κ2) is 5.53. The van der Waals surface area contributed by atoms with Gasteiger partial charge in [-0.3, -0.25) is 4.79 Å². The summed E-state index contributed by atoms with van der Waals surface area (Å²) in [6, 6.07) is 7.14. The van der Waals surface area contributed by atoms with Gasteiger partial charge in [0.15, 0.2) is 0 Å². The minimum Gasteiger partial charge on any atom is -0.441 e. The van der Waals surface area contributed by atoms with E-state index in [4.69, 9.17) is 21.2 Å². The molecule has 0 radical (unpaired) electrons. The van der Waals surface area contributed by atoms with Gasteiger partial charge in [0.1, 0.15) is 5.60 Å². The average molecular weight is 337 g/mol. The Morgan fingerprint density at radius 3 is 2.57 bits per heavy atom. The summed E-state index contributed by atoms with van der Waals surface area (Å²) in [4.78, 5) is 30.8. The van der Waals surface area contributed by atoms with Gasteiger partial charge >= 0.3 is 6.09 Å². The van der Waals surface area contributed by atoms with E-state index in [2.05, 4.69) is 5.16 Å². The molecule has 2 atom stereocenters. The summed E-state index contributed by atoms with van der Waals surface area (Å²) in [5.74, 6) is -0.707. The molecule has 6 nitrogen and oxygen atoms in total. The molecular weight excluding hydrogens is 320 g/mol. The maximum atomic E-state index is 12.6. The highest BCUT2D eigenvalue weighted by Gasteiger charge is 2.47. The van der Waals surface area contributed by atoms with Crippen LogP contribution in [-0.4, -0.2) is 40.9 Å². The monoisotopic (exact) mass is 336 g/mol. The van der Waals surface area contributed by atoms with Gasteiger partial charge in [0, 0.05) is 5.02 Å². The van der Waals surface area contributed by atoms with E-state index in [9.17, 15) is 9.59 Å². The Labute approximate surface area is 139 Å². The Balaban J connectivity index is 1.75. The molecule has 3 rings (SSSR count). The van der Waals surface area contributed by atoms with E-state index in [1.165, 1.54) is 0 Å². The number of nitrogens with zero attached hydrogens (tertiary/aromatic N) is 2. The molecule has 2 amide bonds. The molecule has 122 valence electrons. The zero-order valence-corrected chi connectivity index (χ0v) is 13.8. The number of ether oxygens (including phenoxy) is 1. The molecule has 1 fully saturated rings. The lowest BCUT2D eigenvalue weighted by molar-refractivity contribution is -0.140. The Hall–Kier alpha value is -2.08. The predicted octanol–water partition coefficient (Wildman–Crippen LogP) is 2.84. The minimum atomic E-state index is -0.831. The Morgan fingerprint density at radius 2 is 2.00 bits per heavy atom. The number of oxime groups is 1. The van der Waals surface area contributed by atoms with Gasteiger partial charge in [-0.25, -0.2) is 9.69 Å². The maximum Gasteiger partial charge on any atom is 0.417 e. The maximum absolute atomic E-state index is 12.6. The fourth-order valence-electron chi connectivity index (χ4n) is 2.72. The normalized spacial score (nSPS) is 25.8. The van der Waals surface area contributed by atoms with Gasteiger partial charge in [0.2, 0.25) is 6.10 Å². The summed E-state index contributed by atoms with van der Waals surface area (Å²) >= 11 is 5.88. The van der Waals surface area contributed by atoms with E-state index in [0.717, 1.165) is 10.5 Å². The third-order valence-corrected chi connectivity index (χ3v) is 4.17. The van der Waals surface area contributed by atoms with Crippen molar-refractivity contribution in [3.05, 3.63) is 34.9 Å². The number of hydrogen-bond donors (Lipinski definition) is 0. The van der Waals surface area contributed by atoms with Gasteiger partial charge in [0.05, 0.1) is 18.2 Å². The van der Waals surface area contributed by atoms with Crippen LogP contribution < -0.4 is 0 Å². The zero-order chi connectivity index (χ0) is 16.8. The molecule has 1 aromatic carbocycles. The van der Waals surface area contributed by atoms with Crippen LogP contribution in [0, 0.1) is 5.92 Å². The summed E-state index contributed by atoms with van der Waals surface area (Å²) in [6.07, 6.45) is -1.47. The van der Waals surface area contributed by atoms with Crippen molar-refractivity contribution < 1.29 is 19.2 Å². The molecule has 0 aliphatic carbocycles. The molecule has 2 aliphatic heterocycles. The van der Waals surface area contributed by atoms with Crippen molar-refractivity contribution in [2.75, 3.05) is 6.54 Å². The summed E-state index contributed by atoms with van der Waals surface area (Å²) in [7, 11) is 0. The van der Waals surface area contributed by atoms with Crippen LogP contribution in [0.3, 0.4) is 0 Å². The highest BCUT2D eigenvalue weighted by molar-refractivity contribution is 6.30. The highest BCUT2D eigenvalue weighted by atomic mass is 35.5. The zero-order valence-electron chi connectivity index (χ0n) is 13.1. The molecule has 23 heavy (non-hydrogen) atoms. The first-order chi connectivity index (χ1) is 10.8. The number of benzene rings is 1. The van der Waals surface area contributed by atoms with E-state index >= 15 is 0 Å². The summed E-state index contributed by atoms with van der Waals surface area (Å²) in [5.41, 5.74) is 0.808. The van der Waals surface area contributed by atoms with Crippen molar-refractivity contribution in [3.8, 4) is 0 Å². The first kappa shape index (κ1) is 15.8. The van der Waals surface area contributed by atoms with E-state index in [1.54, 1.807) is 26.0 Å². The molecular formula is C16H17ClN2O4. The molecule has 0 unspecified atom stereocenters. The molecule has 1 saturated heterocycles. The number of rotatable bonds is 2. The SMILES string of the molecule is C[C@H]1C(c2ccc(Cl)cc2)=NO[C@@H]1C(=O)N1CC(C)(C)OC1=O. The molecule has 2 heterocycles. The van der Waals surface area contributed by atoms with Crippen molar-refractivity contribution >= 4 is 29.3 Å². The standard InChI is InChI=1S/C16H17ClN2O4/c1-9-12(10-4-6-11(17)7-5-10)18-23-13(9)14(20)19-8-16(2,3)22-15(19)21/h4-7,9,13H,8H2,1-3H3/t9-,13-/m0/s1. The molecule has 0 saturated carbocycles. The minimum absolute atomic E-state index is 0.202. The lowest BCUT2D eigenvalue weighted by atomic mass is 9.93. The van der Waals surface area contributed by atoms with E-state index in [0.29, 0.717) is 10.7 Å². The molecule has 0 spiro atoms. The van der Waals surface area contributed by atoms with Crippen LogP contribution >= 0.6 is 11.6 Å². The summed E-state index contributed by atoms with van der Waals surface area (Å²) in [6.45, 7) is 5.56. The fraction of sp³-hybridized carbons (Fsp3) is 0.438. The number of hydrogen-bond acceptors (Lipinski definition) is 5. The van der Waals surface area contributed by atoms with Gasteiger partial charge in [-0.2, -0.15) is 0 Å². The van der Waals surface area contributed by atoms with Gasteiger partial charge < -0.3 is 9.57 Å². The van der Waals surface area contributed by atoms with Crippen molar-refractivity contribution in [1.82, 2.24) is 4.90 Å². The fourth-order valence-corrected chi connectivity index (χ4v) is 2.84. The smallest absolute Gasteiger partial charge is 0.417 e. The van der Waals surface area contributed by atoms with Crippen LogP contribution in [0.4, 0.5) is 4.79 Å². The van der Waals surface area contributed by atoms with Crippen molar-refractivity contribution in [2.24, 2.45) is 11.1 Å². The van der Waals surface area contributed by atoms with Gasteiger partial charge in [-0.15, -0.1) is 0 Å². The average Bonchev–Trinajstić information content (AvgIpc) is 2.98. The molecule has 0 aromatic heterocycles. The summed E-state index contributed by atoms with van der Waals surface area (Å²) in [5, 5.41) is 4.65. The third kappa shape index (κ3) is 2.91. The first-order valence-electron chi connectivity index (χ1n) is 7.32. The quantitative estimate of drug-likeness (QED) is 0.832. The topological polar surface area (TPSA) is 68.2 Å². The van der Waals surface area contributed by atoms with Gasteiger partial charge in [0.25, 0.3) is 5.91 Å². The van der Waals surface area contributed by atoms with Crippen molar-refractivity contribution in [2.45, 2.75) is 32.5 Å². The molecule has 2 aliphatic rings. The Morgan fingerprint density at radius 1 is 1.35 bits per heavy atom. The van der Waals surface area contributed by atoms with Crippen molar-refractivity contribution in [3.63, 3.8) is 0 Å². The van der Waals surface area contributed by atoms with Gasteiger partial charge in [-0.1, -0.05) is 35.8 Å². The van der Waals surface area contributed by atoms with Gasteiger partial charge in [-0.05, 0) is 31.5 Å². The molecule has 0 bridgehead atoms. The Kier molecular flexibility index (Phi) is 3.80. The van der Waals surface area contributed by atoms with E-state index < -0.39 is 23.7 Å². The van der Waals surface area contributed by atoms with Crippen LogP contribution in [0.2, 0.25) is 5.02 Å². The predicted molar refractivity (Wildman–Crippen MR) is 84.3 cm³/mol. The van der Waals surface area contributed by atoms with Crippen LogP contribution in [0.25, 0.3) is 0 Å². The number of halogens is 1. The number of cyclic esters (lactones) is 1. The van der Waals surface area contributed by atoms with Crippen LogP contribution in [0.5, 0.6) is 0 Å². The number of imide groups is 1. The second-order valence-corrected chi connectivity index (χ2v) is 6.79. The number of carbonyl (C=O) groups is 2. The van der Waals surface area contributed by atoms with Crippen molar-refractivity contribution in [1.29, 1.82) is 0 Å². The largest absolute Gasteiger partial charge is 0.441 e.